The van der Waals surface area contributed by atoms with Crippen molar-refractivity contribution in [1.29, 1.82) is 0 Å². The van der Waals surface area contributed by atoms with Gasteiger partial charge in [0.25, 0.3) is 5.91 Å². The van der Waals surface area contributed by atoms with Crippen molar-refractivity contribution in [2.24, 2.45) is 0 Å². The normalized spacial score (nSPS) is 18.1. The van der Waals surface area contributed by atoms with Crippen LogP contribution in [0.3, 0.4) is 0 Å². The lowest BCUT2D eigenvalue weighted by molar-refractivity contribution is 0.0736. The van der Waals surface area contributed by atoms with E-state index in [1.807, 2.05) is 31.0 Å². The number of hydrogen-bond donors (Lipinski definition) is 1. The van der Waals surface area contributed by atoms with Crippen LogP contribution in [0.25, 0.3) is 10.9 Å². The Kier molecular flexibility index (Phi) is 4.12. The summed E-state index contributed by atoms with van der Waals surface area (Å²) < 4.78 is 0. The standard InChI is InChI=1S/C18H23N3O/c1-12-6-7-14-10-16(13(2)20-17(14)9-12)18(22)21-8-4-5-15(21)11-19-3/h6-7,9-10,15,19H,4-5,8,11H2,1-3H3/t15-/m1/s1. The van der Waals surface area contributed by atoms with Gasteiger partial charge in [-0.3, -0.25) is 9.78 Å². The predicted octanol–water partition coefficient (Wildman–Crippen LogP) is 2.68. The highest BCUT2D eigenvalue weighted by molar-refractivity contribution is 5.99. The summed E-state index contributed by atoms with van der Waals surface area (Å²) in [5.74, 6) is 0.116. The smallest absolute Gasteiger partial charge is 0.256 e. The number of benzene rings is 1. The number of carbonyl (C=O) groups excluding carboxylic acids is 1. The first-order valence-electron chi connectivity index (χ1n) is 7.93. The molecule has 2 aromatic rings. The lowest BCUT2D eigenvalue weighted by Crippen LogP contribution is -2.41. The summed E-state index contributed by atoms with van der Waals surface area (Å²) in [5.41, 5.74) is 3.70. The van der Waals surface area contributed by atoms with E-state index in [0.29, 0.717) is 6.04 Å². The van der Waals surface area contributed by atoms with Crippen LogP contribution < -0.4 is 5.32 Å². The topological polar surface area (TPSA) is 45.2 Å². The third kappa shape index (κ3) is 2.71. The number of nitrogens with one attached hydrogen (secondary N) is 1. The van der Waals surface area contributed by atoms with Crippen LogP contribution in [0.1, 0.15) is 34.5 Å². The Morgan fingerprint density at radius 3 is 2.95 bits per heavy atom. The number of amides is 1. The summed E-state index contributed by atoms with van der Waals surface area (Å²) in [5, 5.41) is 4.22. The van der Waals surface area contributed by atoms with Crippen molar-refractivity contribution in [1.82, 2.24) is 15.2 Å². The lowest BCUT2D eigenvalue weighted by Gasteiger charge is -2.25. The molecule has 22 heavy (non-hydrogen) atoms. The Morgan fingerprint density at radius 1 is 1.36 bits per heavy atom. The van der Waals surface area contributed by atoms with E-state index in [1.165, 1.54) is 5.56 Å². The molecular weight excluding hydrogens is 274 g/mol. The summed E-state index contributed by atoms with van der Waals surface area (Å²) in [7, 11) is 1.94. The van der Waals surface area contributed by atoms with Gasteiger partial charge in [0.2, 0.25) is 0 Å². The average Bonchev–Trinajstić information content (AvgIpc) is 2.94. The maximum atomic E-state index is 12.9. The highest BCUT2D eigenvalue weighted by Crippen LogP contribution is 2.23. The summed E-state index contributed by atoms with van der Waals surface area (Å²) in [6, 6.07) is 8.46. The summed E-state index contributed by atoms with van der Waals surface area (Å²) in [4.78, 5) is 19.6. The molecule has 1 fully saturated rings. The molecule has 0 saturated carbocycles. The summed E-state index contributed by atoms with van der Waals surface area (Å²) in [6.07, 6.45) is 2.16. The third-order valence-electron chi connectivity index (χ3n) is 4.47. The van der Waals surface area contributed by atoms with E-state index >= 15 is 0 Å². The molecule has 0 radical (unpaired) electrons. The van der Waals surface area contributed by atoms with E-state index in [1.54, 1.807) is 0 Å². The molecule has 1 aromatic heterocycles. The Morgan fingerprint density at radius 2 is 2.18 bits per heavy atom. The highest BCUT2D eigenvalue weighted by atomic mass is 16.2. The van der Waals surface area contributed by atoms with Crippen LogP contribution >= 0.6 is 0 Å². The van der Waals surface area contributed by atoms with Gasteiger partial charge in [-0.05, 0) is 51.4 Å². The van der Waals surface area contributed by atoms with Gasteiger partial charge in [-0.1, -0.05) is 12.1 Å². The molecule has 3 rings (SSSR count). The molecule has 1 saturated heterocycles. The van der Waals surface area contributed by atoms with Gasteiger partial charge in [0.15, 0.2) is 0 Å². The average molecular weight is 297 g/mol. The zero-order chi connectivity index (χ0) is 15.7. The van der Waals surface area contributed by atoms with Crippen molar-refractivity contribution in [2.75, 3.05) is 20.1 Å². The maximum Gasteiger partial charge on any atom is 0.256 e. The van der Waals surface area contributed by atoms with E-state index in [-0.39, 0.29) is 5.91 Å². The molecule has 1 atom stereocenters. The van der Waals surface area contributed by atoms with E-state index < -0.39 is 0 Å². The zero-order valence-electron chi connectivity index (χ0n) is 13.5. The van der Waals surface area contributed by atoms with E-state index in [4.69, 9.17) is 0 Å². The predicted molar refractivity (Wildman–Crippen MR) is 89.2 cm³/mol. The molecular formula is C18H23N3O. The molecule has 4 nitrogen and oxygen atoms in total. The largest absolute Gasteiger partial charge is 0.334 e. The second-order valence-corrected chi connectivity index (χ2v) is 6.17. The number of nitrogens with zero attached hydrogens (tertiary/aromatic N) is 2. The second kappa shape index (κ2) is 6.05. The molecule has 1 N–H and O–H groups in total. The van der Waals surface area contributed by atoms with Gasteiger partial charge in [0, 0.05) is 24.5 Å². The highest BCUT2D eigenvalue weighted by Gasteiger charge is 2.29. The number of fused-ring (bicyclic) bond motifs is 1. The minimum absolute atomic E-state index is 0.116. The van der Waals surface area contributed by atoms with Crippen molar-refractivity contribution >= 4 is 16.8 Å². The van der Waals surface area contributed by atoms with Gasteiger partial charge < -0.3 is 10.2 Å². The van der Waals surface area contributed by atoms with E-state index in [9.17, 15) is 4.79 Å². The van der Waals surface area contributed by atoms with Crippen LogP contribution in [0.15, 0.2) is 24.3 Å². The van der Waals surface area contributed by atoms with Crippen LogP contribution in [0.5, 0.6) is 0 Å². The van der Waals surface area contributed by atoms with Gasteiger partial charge in [-0.15, -0.1) is 0 Å². The molecule has 0 unspecified atom stereocenters. The van der Waals surface area contributed by atoms with Crippen LogP contribution in [0.2, 0.25) is 0 Å². The third-order valence-corrected chi connectivity index (χ3v) is 4.47. The Hall–Kier alpha value is -1.94. The maximum absolute atomic E-state index is 12.9. The molecule has 1 aromatic carbocycles. The molecule has 2 heterocycles. The van der Waals surface area contributed by atoms with Crippen molar-refractivity contribution in [3.63, 3.8) is 0 Å². The van der Waals surface area contributed by atoms with Gasteiger partial charge >= 0.3 is 0 Å². The first-order valence-corrected chi connectivity index (χ1v) is 7.93. The fourth-order valence-corrected chi connectivity index (χ4v) is 3.30. The SMILES string of the molecule is CNC[C@H]1CCCN1C(=O)c1cc2ccc(C)cc2nc1C. The quantitative estimate of drug-likeness (QED) is 0.947. The monoisotopic (exact) mass is 297 g/mol. The number of rotatable bonds is 3. The number of likely N-dealkylation sites (N-methyl/N-ethyl adjacent to an activating group) is 1. The number of aromatic nitrogens is 1. The number of hydrogen-bond acceptors (Lipinski definition) is 3. The number of carbonyl (C=O) groups is 1. The van der Waals surface area contributed by atoms with Gasteiger partial charge in [0.1, 0.15) is 0 Å². The fraction of sp³-hybridized carbons (Fsp3) is 0.444. The van der Waals surface area contributed by atoms with Crippen LogP contribution in [0.4, 0.5) is 0 Å². The summed E-state index contributed by atoms with van der Waals surface area (Å²) >= 11 is 0. The molecule has 1 aliphatic rings. The van der Waals surface area contributed by atoms with Crippen molar-refractivity contribution in [2.45, 2.75) is 32.7 Å². The minimum Gasteiger partial charge on any atom is -0.334 e. The second-order valence-electron chi connectivity index (χ2n) is 6.17. The molecule has 0 bridgehead atoms. The molecule has 1 amide bonds. The van der Waals surface area contributed by atoms with Gasteiger partial charge in [-0.25, -0.2) is 0 Å². The Bertz CT molecular complexity index is 711. The first kappa shape index (κ1) is 15.0. The minimum atomic E-state index is 0.116. The molecule has 1 aliphatic heterocycles. The molecule has 0 aliphatic carbocycles. The number of pyridine rings is 1. The number of likely N-dealkylation sites (tertiary alicyclic amines) is 1. The van der Waals surface area contributed by atoms with Crippen molar-refractivity contribution < 1.29 is 4.79 Å². The van der Waals surface area contributed by atoms with Crippen LogP contribution in [-0.2, 0) is 0 Å². The van der Waals surface area contributed by atoms with Gasteiger partial charge in [0.05, 0.1) is 16.8 Å². The fourth-order valence-electron chi connectivity index (χ4n) is 3.30. The van der Waals surface area contributed by atoms with Gasteiger partial charge in [-0.2, -0.15) is 0 Å². The first-order chi connectivity index (χ1) is 10.6. The lowest BCUT2D eigenvalue weighted by atomic mass is 10.1. The molecule has 0 spiro atoms. The summed E-state index contributed by atoms with van der Waals surface area (Å²) in [6.45, 7) is 5.68. The molecule has 4 heteroatoms. The Balaban J connectivity index is 1.96. The molecule has 116 valence electrons. The number of aryl methyl sites for hydroxylation is 2. The van der Waals surface area contributed by atoms with Crippen LogP contribution in [0, 0.1) is 13.8 Å². The van der Waals surface area contributed by atoms with E-state index in [2.05, 4.69) is 29.4 Å². The van der Waals surface area contributed by atoms with Crippen LogP contribution in [-0.4, -0.2) is 42.0 Å². The Labute approximate surface area is 131 Å². The van der Waals surface area contributed by atoms with Crippen molar-refractivity contribution in [3.8, 4) is 0 Å². The van der Waals surface area contributed by atoms with E-state index in [0.717, 1.165) is 48.1 Å². The van der Waals surface area contributed by atoms with Crippen molar-refractivity contribution in [3.05, 3.63) is 41.1 Å². The zero-order valence-corrected chi connectivity index (χ0v) is 13.5.